The van der Waals surface area contributed by atoms with Crippen LogP contribution in [0.1, 0.15) is 18.7 Å². The maximum absolute atomic E-state index is 5.52. The normalized spacial score (nSPS) is 19.8. The Bertz CT molecular complexity index is 351. The second-order valence-corrected chi connectivity index (χ2v) is 3.85. The maximum Gasteiger partial charge on any atom is 0.145 e. The van der Waals surface area contributed by atoms with Crippen molar-refractivity contribution in [3.8, 4) is 0 Å². The number of hydrazine groups is 1. The summed E-state index contributed by atoms with van der Waals surface area (Å²) in [5.41, 5.74) is 2.51. The number of anilines is 2. The molecule has 2 rings (SSSR count). The number of nitrogen functional groups attached to an aromatic ring is 1. The molecule has 0 bridgehead atoms. The minimum absolute atomic E-state index is 0.296. The predicted molar refractivity (Wildman–Crippen MR) is 62.0 cm³/mol. The van der Waals surface area contributed by atoms with E-state index in [0.717, 1.165) is 31.8 Å². The van der Waals surface area contributed by atoms with Crippen LogP contribution in [0, 0.1) is 6.92 Å². The number of aromatic nitrogens is 2. The van der Waals surface area contributed by atoms with Gasteiger partial charge in [0, 0.05) is 19.2 Å². The van der Waals surface area contributed by atoms with Crippen LogP contribution < -0.4 is 16.6 Å². The Morgan fingerprint density at radius 2 is 2.31 bits per heavy atom. The number of nitrogens with two attached hydrogens (primary N) is 1. The van der Waals surface area contributed by atoms with Gasteiger partial charge in [-0.3, -0.25) is 0 Å². The summed E-state index contributed by atoms with van der Waals surface area (Å²) in [6, 6.07) is 1.78. The van der Waals surface area contributed by atoms with Crippen LogP contribution >= 0.6 is 0 Å². The fourth-order valence-corrected chi connectivity index (χ4v) is 1.76. The van der Waals surface area contributed by atoms with Crippen LogP contribution in [0.5, 0.6) is 0 Å². The molecule has 1 saturated heterocycles. The lowest BCUT2D eigenvalue weighted by Gasteiger charge is -2.12. The van der Waals surface area contributed by atoms with Gasteiger partial charge in [0.05, 0.1) is 6.10 Å². The molecular weight excluding hydrogens is 206 g/mol. The van der Waals surface area contributed by atoms with Crippen molar-refractivity contribution in [2.75, 3.05) is 23.9 Å². The number of nitrogens with zero attached hydrogens (tertiary/aromatic N) is 2. The Labute approximate surface area is 94.6 Å². The summed E-state index contributed by atoms with van der Waals surface area (Å²) >= 11 is 0. The third-order valence-electron chi connectivity index (χ3n) is 2.52. The molecule has 2 heterocycles. The molecule has 0 aliphatic carbocycles. The first kappa shape index (κ1) is 11.1. The third kappa shape index (κ3) is 2.80. The zero-order valence-electron chi connectivity index (χ0n) is 9.36. The largest absolute Gasteiger partial charge is 0.376 e. The lowest BCUT2D eigenvalue weighted by Crippen LogP contribution is -2.19. The molecule has 1 atom stereocenters. The maximum atomic E-state index is 5.52. The first-order valence-electron chi connectivity index (χ1n) is 5.45. The molecular formula is C10H17N5O. The molecule has 1 aliphatic heterocycles. The summed E-state index contributed by atoms with van der Waals surface area (Å²) in [7, 11) is 0. The molecule has 0 saturated carbocycles. The van der Waals surface area contributed by atoms with Crippen LogP contribution in [0.15, 0.2) is 6.07 Å². The van der Waals surface area contributed by atoms with E-state index in [1.165, 1.54) is 0 Å². The summed E-state index contributed by atoms with van der Waals surface area (Å²) in [4.78, 5) is 8.38. The van der Waals surface area contributed by atoms with Gasteiger partial charge in [0.25, 0.3) is 0 Å². The van der Waals surface area contributed by atoms with Gasteiger partial charge >= 0.3 is 0 Å². The van der Waals surface area contributed by atoms with E-state index in [0.29, 0.717) is 17.7 Å². The highest BCUT2D eigenvalue weighted by molar-refractivity contribution is 5.46. The smallest absolute Gasteiger partial charge is 0.145 e. The topological polar surface area (TPSA) is 85.1 Å². The van der Waals surface area contributed by atoms with Crippen LogP contribution in [0.2, 0.25) is 0 Å². The summed E-state index contributed by atoms with van der Waals surface area (Å²) in [6.07, 6.45) is 2.55. The van der Waals surface area contributed by atoms with E-state index in [1.54, 1.807) is 6.07 Å². The molecule has 0 spiro atoms. The summed E-state index contributed by atoms with van der Waals surface area (Å²) in [5.74, 6) is 7.39. The summed E-state index contributed by atoms with van der Waals surface area (Å²) < 4.78 is 5.52. The van der Waals surface area contributed by atoms with Gasteiger partial charge < -0.3 is 15.5 Å². The lowest BCUT2D eigenvalue weighted by atomic mass is 10.2. The van der Waals surface area contributed by atoms with Gasteiger partial charge in [-0.1, -0.05) is 0 Å². The minimum Gasteiger partial charge on any atom is -0.376 e. The van der Waals surface area contributed by atoms with Crippen LogP contribution in [-0.2, 0) is 4.74 Å². The molecule has 6 heteroatoms. The Hall–Kier alpha value is -1.40. The Kier molecular flexibility index (Phi) is 3.53. The summed E-state index contributed by atoms with van der Waals surface area (Å²) in [6.45, 7) is 3.48. The number of hydrogen-bond donors (Lipinski definition) is 3. The molecule has 88 valence electrons. The van der Waals surface area contributed by atoms with Gasteiger partial charge in [-0.15, -0.1) is 0 Å². The van der Waals surface area contributed by atoms with Gasteiger partial charge in [-0.05, 0) is 19.8 Å². The van der Waals surface area contributed by atoms with Gasteiger partial charge in [0.2, 0.25) is 0 Å². The van der Waals surface area contributed by atoms with E-state index in [-0.39, 0.29) is 0 Å². The number of nitrogens with one attached hydrogen (secondary N) is 2. The number of hydrogen-bond acceptors (Lipinski definition) is 6. The lowest BCUT2D eigenvalue weighted by molar-refractivity contribution is 0.120. The van der Waals surface area contributed by atoms with E-state index < -0.39 is 0 Å². The van der Waals surface area contributed by atoms with E-state index in [2.05, 4.69) is 20.7 Å². The highest BCUT2D eigenvalue weighted by atomic mass is 16.5. The van der Waals surface area contributed by atoms with Gasteiger partial charge in [0.1, 0.15) is 17.5 Å². The van der Waals surface area contributed by atoms with Crippen LogP contribution in [-0.4, -0.2) is 29.2 Å². The minimum atomic E-state index is 0.296. The first-order valence-corrected chi connectivity index (χ1v) is 5.45. The van der Waals surface area contributed by atoms with Crippen LogP contribution in [0.4, 0.5) is 11.6 Å². The molecule has 0 amide bonds. The highest BCUT2D eigenvalue weighted by Crippen LogP contribution is 2.14. The van der Waals surface area contributed by atoms with Gasteiger partial charge in [-0.2, -0.15) is 0 Å². The molecule has 1 fully saturated rings. The first-order chi connectivity index (χ1) is 7.78. The SMILES string of the molecule is Cc1nc(NN)cc(NCC2CCCO2)n1. The average molecular weight is 223 g/mol. The number of aryl methyl sites for hydroxylation is 1. The quantitative estimate of drug-likeness (QED) is 0.513. The Balaban J connectivity index is 1.94. The molecule has 1 aromatic heterocycles. The van der Waals surface area contributed by atoms with Crippen molar-refractivity contribution < 1.29 is 4.74 Å². The van der Waals surface area contributed by atoms with Crippen molar-refractivity contribution in [3.63, 3.8) is 0 Å². The molecule has 1 aromatic rings. The molecule has 1 unspecified atom stereocenters. The molecule has 4 N–H and O–H groups in total. The standard InChI is InChI=1S/C10H17N5O/c1-7-13-9(5-10(14-7)15-11)12-6-8-3-2-4-16-8/h5,8H,2-4,6,11H2,1H3,(H2,12,13,14,15). The monoisotopic (exact) mass is 223 g/mol. The molecule has 0 aromatic carbocycles. The van der Waals surface area contributed by atoms with Crippen LogP contribution in [0.25, 0.3) is 0 Å². The van der Waals surface area contributed by atoms with E-state index >= 15 is 0 Å². The summed E-state index contributed by atoms with van der Waals surface area (Å²) in [5, 5.41) is 3.23. The fraction of sp³-hybridized carbons (Fsp3) is 0.600. The Morgan fingerprint density at radius 1 is 1.50 bits per heavy atom. The fourth-order valence-electron chi connectivity index (χ4n) is 1.76. The van der Waals surface area contributed by atoms with E-state index in [1.807, 2.05) is 6.92 Å². The zero-order valence-corrected chi connectivity index (χ0v) is 9.36. The van der Waals surface area contributed by atoms with E-state index in [9.17, 15) is 0 Å². The highest BCUT2D eigenvalue weighted by Gasteiger charge is 2.15. The van der Waals surface area contributed by atoms with Crippen molar-refractivity contribution in [2.24, 2.45) is 5.84 Å². The molecule has 1 aliphatic rings. The number of ether oxygens (including phenoxy) is 1. The molecule has 0 radical (unpaired) electrons. The van der Waals surface area contributed by atoms with Crippen molar-refractivity contribution in [1.29, 1.82) is 0 Å². The number of rotatable bonds is 4. The molecule has 16 heavy (non-hydrogen) atoms. The van der Waals surface area contributed by atoms with E-state index in [4.69, 9.17) is 10.6 Å². The third-order valence-corrected chi connectivity index (χ3v) is 2.52. The molecule has 6 nitrogen and oxygen atoms in total. The second-order valence-electron chi connectivity index (χ2n) is 3.85. The predicted octanol–water partition coefficient (Wildman–Crippen LogP) is 0.662. The van der Waals surface area contributed by atoms with Crippen molar-refractivity contribution in [3.05, 3.63) is 11.9 Å². The van der Waals surface area contributed by atoms with Gasteiger partial charge in [0.15, 0.2) is 0 Å². The Morgan fingerprint density at radius 3 is 3.00 bits per heavy atom. The van der Waals surface area contributed by atoms with Gasteiger partial charge in [-0.25, -0.2) is 15.8 Å². The van der Waals surface area contributed by atoms with Crippen molar-refractivity contribution in [1.82, 2.24) is 9.97 Å². The van der Waals surface area contributed by atoms with Crippen molar-refractivity contribution in [2.45, 2.75) is 25.9 Å². The average Bonchev–Trinajstić information content (AvgIpc) is 2.78. The van der Waals surface area contributed by atoms with Crippen LogP contribution in [0.3, 0.4) is 0 Å². The zero-order chi connectivity index (χ0) is 11.4. The van der Waals surface area contributed by atoms with Crippen molar-refractivity contribution >= 4 is 11.6 Å². The second kappa shape index (κ2) is 5.09.